The zero-order valence-electron chi connectivity index (χ0n) is 18.4. The minimum Gasteiger partial charge on any atom is -0.494 e. The van der Waals surface area contributed by atoms with Crippen LogP contribution in [0.1, 0.15) is 25.0 Å². The van der Waals surface area contributed by atoms with Gasteiger partial charge in [-0.1, -0.05) is 29.9 Å². The Kier molecular flexibility index (Phi) is 6.43. The van der Waals surface area contributed by atoms with Crippen LogP contribution in [0.2, 0.25) is 0 Å². The molecule has 1 saturated heterocycles. The predicted molar refractivity (Wildman–Crippen MR) is 132 cm³/mol. The highest BCUT2D eigenvalue weighted by molar-refractivity contribution is 7.91. The molecule has 5 rings (SSSR count). The number of carbonyl (C=O) groups excluding carboxylic acids is 1. The highest BCUT2D eigenvalue weighted by atomic mass is 32.2. The van der Waals surface area contributed by atoms with E-state index in [1.807, 2.05) is 18.2 Å². The van der Waals surface area contributed by atoms with Crippen molar-refractivity contribution in [3.05, 3.63) is 59.9 Å². The number of para-hydroxylation sites is 1. The summed E-state index contributed by atoms with van der Waals surface area (Å²) in [5, 5.41) is 2.20. The molecule has 0 radical (unpaired) electrons. The second-order valence-electron chi connectivity index (χ2n) is 7.87. The summed E-state index contributed by atoms with van der Waals surface area (Å²) in [5.74, 6) is 0.891. The fourth-order valence-corrected chi connectivity index (χ4v) is 7.89. The molecule has 0 bridgehead atoms. The predicted octanol–water partition coefficient (Wildman–Crippen LogP) is 4.74. The number of methoxy groups -OCH3 is 1. The molecule has 0 saturated carbocycles. The molecular weight excluding hydrogens is 494 g/mol. The van der Waals surface area contributed by atoms with Gasteiger partial charge in [-0.3, -0.25) is 9.69 Å². The van der Waals surface area contributed by atoms with E-state index in [4.69, 9.17) is 14.1 Å². The minimum absolute atomic E-state index is 0.150. The lowest BCUT2D eigenvalue weighted by atomic mass is 10.0. The van der Waals surface area contributed by atoms with Gasteiger partial charge in [0.2, 0.25) is 5.91 Å². The summed E-state index contributed by atoms with van der Waals surface area (Å²) < 4.78 is 40.2. The maximum Gasteiger partial charge on any atom is 0.253 e. The van der Waals surface area contributed by atoms with Gasteiger partial charge >= 0.3 is 0 Å². The van der Waals surface area contributed by atoms with Crippen molar-refractivity contribution in [1.82, 2.24) is 9.29 Å². The number of rotatable bonds is 7. The van der Waals surface area contributed by atoms with Gasteiger partial charge in [-0.05, 0) is 48.6 Å². The normalized spacial score (nSPS) is 17.1. The molecule has 3 aromatic heterocycles. The molecule has 34 heavy (non-hydrogen) atoms. The summed E-state index contributed by atoms with van der Waals surface area (Å²) in [6.07, 6.45) is 3.49. The summed E-state index contributed by atoms with van der Waals surface area (Å²) in [6.45, 7) is 0.455. The van der Waals surface area contributed by atoms with Crippen LogP contribution in [-0.4, -0.2) is 43.3 Å². The summed E-state index contributed by atoms with van der Waals surface area (Å²) >= 11 is 2.52. The van der Waals surface area contributed by atoms with Gasteiger partial charge in [0.1, 0.15) is 27.3 Å². The number of hydrogen-bond acceptors (Lipinski definition) is 8. The lowest BCUT2D eigenvalue weighted by molar-refractivity contribution is -0.123. The summed E-state index contributed by atoms with van der Waals surface area (Å²) in [7, 11) is -2.20. The Bertz CT molecular complexity index is 1380. The van der Waals surface area contributed by atoms with E-state index in [9.17, 15) is 13.2 Å². The molecule has 1 unspecified atom stereocenters. The SMILES string of the molecule is COc1cccc2sc(N(Cc3ccco3)C(=O)C3CCCCN3S(=O)(=O)c3cccs3)nc12. The Labute approximate surface area is 205 Å². The van der Waals surface area contributed by atoms with E-state index < -0.39 is 16.1 Å². The topological polar surface area (TPSA) is 93.0 Å². The van der Waals surface area contributed by atoms with Crippen LogP contribution in [0.3, 0.4) is 0 Å². The number of sulfonamides is 1. The van der Waals surface area contributed by atoms with Crippen molar-refractivity contribution in [3.8, 4) is 5.75 Å². The number of amides is 1. The van der Waals surface area contributed by atoms with Gasteiger partial charge in [-0.2, -0.15) is 4.31 Å². The molecule has 0 aliphatic carbocycles. The van der Waals surface area contributed by atoms with Gasteiger partial charge in [0, 0.05) is 6.54 Å². The number of piperidine rings is 1. The van der Waals surface area contributed by atoms with Gasteiger partial charge < -0.3 is 9.15 Å². The monoisotopic (exact) mass is 517 g/mol. The minimum atomic E-state index is -3.78. The molecule has 0 spiro atoms. The van der Waals surface area contributed by atoms with Crippen molar-refractivity contribution in [3.63, 3.8) is 0 Å². The first kappa shape index (κ1) is 23.0. The van der Waals surface area contributed by atoms with Crippen molar-refractivity contribution >= 4 is 54.0 Å². The number of aromatic nitrogens is 1. The van der Waals surface area contributed by atoms with Gasteiger partial charge in [0.15, 0.2) is 5.13 Å². The second-order valence-corrected chi connectivity index (χ2v) is 11.9. The number of thiophene rings is 1. The molecule has 1 aromatic carbocycles. The van der Waals surface area contributed by atoms with Crippen LogP contribution in [0.15, 0.2) is 62.7 Å². The standard InChI is InChI=1S/C23H23N3O5S3/c1-30-18-9-4-10-19-21(18)24-23(33-19)25(15-16-7-5-13-31-16)22(27)17-8-2-3-12-26(17)34(28,29)20-11-6-14-32-20/h4-7,9-11,13-14,17H,2-3,8,12,15H2,1H3. The van der Waals surface area contributed by atoms with Crippen LogP contribution in [0, 0.1) is 0 Å². The number of thiazole rings is 1. The second kappa shape index (κ2) is 9.49. The molecule has 178 valence electrons. The molecule has 4 aromatic rings. The first-order valence-electron chi connectivity index (χ1n) is 10.8. The van der Waals surface area contributed by atoms with Crippen molar-refractivity contribution in [1.29, 1.82) is 0 Å². The number of ether oxygens (including phenoxy) is 1. The van der Waals surface area contributed by atoms with E-state index in [1.54, 1.807) is 43.0 Å². The lowest BCUT2D eigenvalue weighted by Gasteiger charge is -2.35. The Morgan fingerprint density at radius 1 is 1.24 bits per heavy atom. The molecule has 1 aliphatic rings. The number of fused-ring (bicyclic) bond motifs is 1. The number of benzene rings is 1. The van der Waals surface area contributed by atoms with Crippen LogP contribution in [0.4, 0.5) is 5.13 Å². The van der Waals surface area contributed by atoms with Crippen LogP contribution in [-0.2, 0) is 21.4 Å². The number of carbonyl (C=O) groups is 1. The fourth-order valence-electron chi connectivity index (χ4n) is 4.14. The molecule has 8 nitrogen and oxygen atoms in total. The Balaban J connectivity index is 1.55. The van der Waals surface area contributed by atoms with Gasteiger partial charge in [-0.15, -0.1) is 11.3 Å². The molecule has 0 N–H and O–H groups in total. The van der Waals surface area contributed by atoms with Crippen LogP contribution >= 0.6 is 22.7 Å². The Hall–Kier alpha value is -2.73. The third kappa shape index (κ3) is 4.24. The summed E-state index contributed by atoms with van der Waals surface area (Å²) in [6, 6.07) is 11.6. The highest BCUT2D eigenvalue weighted by Gasteiger charge is 2.41. The van der Waals surface area contributed by atoms with Gasteiger partial charge in [0.05, 0.1) is 24.6 Å². The zero-order chi connectivity index (χ0) is 23.7. The Morgan fingerprint density at radius 3 is 2.85 bits per heavy atom. The van der Waals surface area contributed by atoms with E-state index in [2.05, 4.69) is 0 Å². The highest BCUT2D eigenvalue weighted by Crippen LogP contribution is 2.36. The number of hydrogen-bond donors (Lipinski definition) is 0. The molecule has 1 amide bonds. The number of anilines is 1. The molecule has 4 heterocycles. The van der Waals surface area contributed by atoms with E-state index in [1.165, 1.54) is 20.5 Å². The van der Waals surface area contributed by atoms with Crippen LogP contribution in [0.25, 0.3) is 10.2 Å². The maximum atomic E-state index is 14.0. The zero-order valence-corrected chi connectivity index (χ0v) is 20.9. The maximum absolute atomic E-state index is 14.0. The molecule has 11 heteroatoms. The lowest BCUT2D eigenvalue weighted by Crippen LogP contribution is -2.52. The van der Waals surface area contributed by atoms with E-state index in [-0.39, 0.29) is 16.7 Å². The fraction of sp³-hybridized carbons (Fsp3) is 0.304. The first-order valence-corrected chi connectivity index (χ1v) is 14.0. The van der Waals surface area contributed by atoms with Crippen molar-refractivity contribution in [2.75, 3.05) is 18.6 Å². The van der Waals surface area contributed by atoms with Crippen LogP contribution < -0.4 is 9.64 Å². The molecule has 1 atom stereocenters. The quantitative estimate of drug-likeness (QED) is 0.352. The molecule has 1 fully saturated rings. The average Bonchev–Trinajstić information content (AvgIpc) is 3.63. The van der Waals surface area contributed by atoms with Gasteiger partial charge in [-0.25, -0.2) is 13.4 Å². The molecule has 1 aliphatic heterocycles. The number of furan rings is 1. The summed E-state index contributed by atoms with van der Waals surface area (Å²) in [5.41, 5.74) is 0.661. The number of nitrogens with zero attached hydrogens (tertiary/aromatic N) is 3. The molecular formula is C23H23N3O5S3. The smallest absolute Gasteiger partial charge is 0.253 e. The van der Waals surface area contributed by atoms with Crippen molar-refractivity contribution < 1.29 is 22.4 Å². The van der Waals surface area contributed by atoms with Crippen LogP contribution in [0.5, 0.6) is 5.75 Å². The largest absolute Gasteiger partial charge is 0.494 e. The third-order valence-corrected chi connectivity index (χ3v) is 10.1. The first-order chi connectivity index (χ1) is 16.5. The Morgan fingerprint density at radius 2 is 2.12 bits per heavy atom. The van der Waals surface area contributed by atoms with E-state index in [0.29, 0.717) is 41.5 Å². The third-order valence-electron chi connectivity index (χ3n) is 5.78. The van der Waals surface area contributed by atoms with Crippen molar-refractivity contribution in [2.24, 2.45) is 0 Å². The van der Waals surface area contributed by atoms with E-state index >= 15 is 0 Å². The van der Waals surface area contributed by atoms with Crippen molar-refractivity contribution in [2.45, 2.75) is 36.1 Å². The summed E-state index contributed by atoms with van der Waals surface area (Å²) in [4.78, 5) is 20.2. The van der Waals surface area contributed by atoms with Gasteiger partial charge in [0.25, 0.3) is 10.0 Å². The average molecular weight is 518 g/mol. The van der Waals surface area contributed by atoms with E-state index in [0.717, 1.165) is 22.5 Å².